The highest BCUT2D eigenvalue weighted by atomic mass is 16.6. The summed E-state index contributed by atoms with van der Waals surface area (Å²) in [6.45, 7) is 11.7. The summed E-state index contributed by atoms with van der Waals surface area (Å²) in [5.41, 5.74) is -0.410. The second-order valence-corrected chi connectivity index (χ2v) is 6.62. The van der Waals surface area contributed by atoms with Crippen LogP contribution in [-0.4, -0.2) is 41.8 Å². The SMILES string of the molecule is CCCC(C)NC1CCCN(C(=O)OC(C)(C)C)C1. The second-order valence-electron chi connectivity index (χ2n) is 6.62. The number of hydrogen-bond acceptors (Lipinski definition) is 3. The Morgan fingerprint density at radius 3 is 2.74 bits per heavy atom. The molecule has 1 N–H and O–H groups in total. The van der Waals surface area contributed by atoms with E-state index < -0.39 is 5.60 Å². The van der Waals surface area contributed by atoms with Crippen molar-refractivity contribution < 1.29 is 9.53 Å². The Morgan fingerprint density at radius 1 is 1.47 bits per heavy atom. The molecule has 1 aliphatic rings. The van der Waals surface area contributed by atoms with Gasteiger partial charge in [-0.1, -0.05) is 13.3 Å². The van der Waals surface area contributed by atoms with Gasteiger partial charge in [-0.15, -0.1) is 0 Å². The molecule has 112 valence electrons. The lowest BCUT2D eigenvalue weighted by Gasteiger charge is -2.35. The molecule has 2 unspecified atom stereocenters. The molecule has 1 heterocycles. The van der Waals surface area contributed by atoms with Gasteiger partial charge in [-0.25, -0.2) is 4.79 Å². The molecule has 1 fully saturated rings. The molecule has 0 aromatic carbocycles. The number of nitrogens with one attached hydrogen (secondary N) is 1. The van der Waals surface area contributed by atoms with Crippen molar-refractivity contribution >= 4 is 6.09 Å². The van der Waals surface area contributed by atoms with Gasteiger partial charge in [0.25, 0.3) is 0 Å². The van der Waals surface area contributed by atoms with Crippen molar-refractivity contribution in [3.8, 4) is 0 Å². The van der Waals surface area contributed by atoms with E-state index >= 15 is 0 Å². The van der Waals surface area contributed by atoms with Gasteiger partial charge in [-0.05, 0) is 47.0 Å². The molecule has 0 radical (unpaired) electrons. The quantitative estimate of drug-likeness (QED) is 0.853. The molecule has 0 spiro atoms. The molecule has 2 atom stereocenters. The second kappa shape index (κ2) is 7.13. The van der Waals surface area contributed by atoms with Gasteiger partial charge in [0.15, 0.2) is 0 Å². The van der Waals surface area contributed by atoms with Crippen LogP contribution in [-0.2, 0) is 4.74 Å². The van der Waals surface area contributed by atoms with Crippen LogP contribution in [0.4, 0.5) is 4.79 Å². The van der Waals surface area contributed by atoms with Gasteiger partial charge >= 0.3 is 6.09 Å². The average molecular weight is 270 g/mol. The number of ether oxygens (including phenoxy) is 1. The Balaban J connectivity index is 2.43. The van der Waals surface area contributed by atoms with Crippen molar-refractivity contribution in [2.75, 3.05) is 13.1 Å². The minimum absolute atomic E-state index is 0.179. The van der Waals surface area contributed by atoms with Gasteiger partial charge in [-0.2, -0.15) is 0 Å². The minimum Gasteiger partial charge on any atom is -0.444 e. The van der Waals surface area contributed by atoms with Gasteiger partial charge in [0.2, 0.25) is 0 Å². The molecule has 0 aliphatic carbocycles. The minimum atomic E-state index is -0.410. The largest absolute Gasteiger partial charge is 0.444 e. The van der Waals surface area contributed by atoms with E-state index in [0.29, 0.717) is 12.1 Å². The number of likely N-dealkylation sites (tertiary alicyclic amines) is 1. The molecule has 1 rings (SSSR count). The molecule has 1 saturated heterocycles. The van der Waals surface area contributed by atoms with E-state index in [4.69, 9.17) is 4.74 Å². The molecule has 1 amide bonds. The highest BCUT2D eigenvalue weighted by molar-refractivity contribution is 5.68. The Bertz CT molecular complexity index is 286. The van der Waals surface area contributed by atoms with E-state index in [1.54, 1.807) is 0 Å². The highest BCUT2D eigenvalue weighted by Crippen LogP contribution is 2.16. The number of carbonyl (C=O) groups is 1. The van der Waals surface area contributed by atoms with E-state index in [-0.39, 0.29) is 6.09 Å². The lowest BCUT2D eigenvalue weighted by Crippen LogP contribution is -2.51. The standard InChI is InChI=1S/C15H30N2O2/c1-6-8-12(2)16-13-9-7-10-17(11-13)14(18)19-15(3,4)5/h12-13,16H,6-11H2,1-5H3. The summed E-state index contributed by atoms with van der Waals surface area (Å²) in [5.74, 6) is 0. The first-order valence-electron chi connectivity index (χ1n) is 7.55. The first-order chi connectivity index (χ1) is 8.81. The Labute approximate surface area is 117 Å². The van der Waals surface area contributed by atoms with E-state index in [1.807, 2.05) is 25.7 Å². The van der Waals surface area contributed by atoms with E-state index in [0.717, 1.165) is 25.9 Å². The summed E-state index contributed by atoms with van der Waals surface area (Å²) in [5, 5.41) is 3.62. The van der Waals surface area contributed by atoms with Gasteiger partial charge in [0.05, 0.1) is 0 Å². The Hall–Kier alpha value is -0.770. The van der Waals surface area contributed by atoms with Crippen molar-refractivity contribution in [1.82, 2.24) is 10.2 Å². The van der Waals surface area contributed by atoms with Crippen molar-refractivity contribution in [3.63, 3.8) is 0 Å². The molecular weight excluding hydrogens is 240 g/mol. The summed E-state index contributed by atoms with van der Waals surface area (Å²) >= 11 is 0. The van der Waals surface area contributed by atoms with Crippen LogP contribution in [0.1, 0.15) is 60.3 Å². The van der Waals surface area contributed by atoms with Crippen molar-refractivity contribution in [2.24, 2.45) is 0 Å². The van der Waals surface area contributed by atoms with Crippen LogP contribution < -0.4 is 5.32 Å². The summed E-state index contributed by atoms with van der Waals surface area (Å²) < 4.78 is 5.44. The molecule has 1 aliphatic heterocycles. The third-order valence-corrected chi connectivity index (χ3v) is 3.31. The molecule has 4 nitrogen and oxygen atoms in total. The van der Waals surface area contributed by atoms with Crippen LogP contribution in [0.25, 0.3) is 0 Å². The monoisotopic (exact) mass is 270 g/mol. The molecule has 4 heteroatoms. The zero-order chi connectivity index (χ0) is 14.5. The van der Waals surface area contributed by atoms with Crippen LogP contribution in [0.2, 0.25) is 0 Å². The fourth-order valence-corrected chi connectivity index (χ4v) is 2.52. The number of piperidine rings is 1. The summed E-state index contributed by atoms with van der Waals surface area (Å²) in [7, 11) is 0. The Morgan fingerprint density at radius 2 is 2.16 bits per heavy atom. The van der Waals surface area contributed by atoms with Crippen molar-refractivity contribution in [2.45, 2.75) is 78.0 Å². The molecule has 0 bridgehead atoms. The van der Waals surface area contributed by atoms with Crippen molar-refractivity contribution in [3.05, 3.63) is 0 Å². The number of amides is 1. The highest BCUT2D eigenvalue weighted by Gasteiger charge is 2.27. The zero-order valence-corrected chi connectivity index (χ0v) is 13.2. The average Bonchev–Trinajstić information content (AvgIpc) is 2.27. The third-order valence-electron chi connectivity index (χ3n) is 3.31. The topological polar surface area (TPSA) is 41.6 Å². The van der Waals surface area contributed by atoms with Crippen molar-refractivity contribution in [1.29, 1.82) is 0 Å². The molecule has 19 heavy (non-hydrogen) atoms. The maximum absolute atomic E-state index is 12.0. The fraction of sp³-hybridized carbons (Fsp3) is 0.933. The van der Waals surface area contributed by atoms with Gasteiger partial charge in [0.1, 0.15) is 5.60 Å². The number of nitrogens with zero attached hydrogens (tertiary/aromatic N) is 1. The molecule has 0 saturated carbocycles. The van der Waals surface area contributed by atoms with Crippen LogP contribution in [0.15, 0.2) is 0 Å². The maximum atomic E-state index is 12.0. The summed E-state index contributed by atoms with van der Waals surface area (Å²) in [6, 6.07) is 0.927. The maximum Gasteiger partial charge on any atom is 0.410 e. The normalized spacial score (nSPS) is 22.2. The van der Waals surface area contributed by atoms with Gasteiger partial charge in [-0.3, -0.25) is 0 Å². The molecule has 0 aromatic heterocycles. The predicted molar refractivity (Wildman–Crippen MR) is 78.3 cm³/mol. The van der Waals surface area contributed by atoms with E-state index in [1.165, 1.54) is 12.8 Å². The van der Waals surface area contributed by atoms with Gasteiger partial charge in [0, 0.05) is 25.2 Å². The van der Waals surface area contributed by atoms with Crippen LogP contribution in [0, 0.1) is 0 Å². The lowest BCUT2D eigenvalue weighted by molar-refractivity contribution is 0.0183. The fourth-order valence-electron chi connectivity index (χ4n) is 2.52. The third kappa shape index (κ3) is 6.28. The Kier molecular flexibility index (Phi) is 6.11. The first kappa shape index (κ1) is 16.3. The summed E-state index contributed by atoms with van der Waals surface area (Å²) in [6.07, 6.45) is 4.39. The van der Waals surface area contributed by atoms with E-state index in [2.05, 4.69) is 19.2 Å². The summed E-state index contributed by atoms with van der Waals surface area (Å²) in [4.78, 5) is 13.9. The van der Waals surface area contributed by atoms with E-state index in [9.17, 15) is 4.79 Å². The molecular formula is C15H30N2O2. The smallest absolute Gasteiger partial charge is 0.410 e. The number of hydrogen-bond donors (Lipinski definition) is 1. The van der Waals surface area contributed by atoms with Gasteiger partial charge < -0.3 is 15.0 Å². The lowest BCUT2D eigenvalue weighted by atomic mass is 10.0. The van der Waals surface area contributed by atoms with Crippen LogP contribution in [0.3, 0.4) is 0 Å². The van der Waals surface area contributed by atoms with Crippen LogP contribution >= 0.6 is 0 Å². The number of carbonyl (C=O) groups excluding carboxylic acids is 1. The first-order valence-corrected chi connectivity index (χ1v) is 7.55. The molecule has 0 aromatic rings. The predicted octanol–water partition coefficient (Wildman–Crippen LogP) is 3.16. The zero-order valence-electron chi connectivity index (χ0n) is 13.2. The number of rotatable bonds is 4. The van der Waals surface area contributed by atoms with Crippen LogP contribution in [0.5, 0.6) is 0 Å².